The molecule has 2 heterocycles. The number of para-hydroxylation sites is 1. The quantitative estimate of drug-likeness (QED) is 0.486. The highest BCUT2D eigenvalue weighted by atomic mass is 32.2. The minimum absolute atomic E-state index is 0.0241. The molecular weight excluding hydrogens is 450 g/mol. The lowest BCUT2D eigenvalue weighted by atomic mass is 10.1. The third kappa shape index (κ3) is 5.35. The summed E-state index contributed by atoms with van der Waals surface area (Å²) in [5.74, 6) is 0.0528. The van der Waals surface area contributed by atoms with Crippen LogP contribution in [0.25, 0.3) is 12.2 Å². The number of carbonyl (C=O) groups is 1. The zero-order valence-corrected chi connectivity index (χ0v) is 19.8. The van der Waals surface area contributed by atoms with E-state index in [0.29, 0.717) is 17.0 Å². The predicted octanol–water partition coefficient (Wildman–Crippen LogP) is 4.08. The summed E-state index contributed by atoms with van der Waals surface area (Å²) in [4.78, 5) is 19.6. The maximum Gasteiger partial charge on any atom is 0.270 e. The monoisotopic (exact) mass is 477 g/mol. The van der Waals surface area contributed by atoms with Crippen molar-refractivity contribution in [2.45, 2.75) is 17.7 Å². The van der Waals surface area contributed by atoms with E-state index in [2.05, 4.69) is 4.98 Å². The number of rotatable bonds is 8. The molecule has 1 amide bonds. The number of pyridine rings is 1. The molecule has 8 heteroatoms. The van der Waals surface area contributed by atoms with E-state index in [1.54, 1.807) is 42.7 Å². The van der Waals surface area contributed by atoms with Crippen LogP contribution >= 0.6 is 0 Å². The molecule has 0 atom stereocenters. The lowest BCUT2D eigenvalue weighted by molar-refractivity contribution is -0.118. The maximum absolute atomic E-state index is 13.8. The first-order valence-electron chi connectivity index (χ1n) is 11.1. The zero-order chi connectivity index (χ0) is 24.0. The van der Waals surface area contributed by atoms with Gasteiger partial charge in [-0.3, -0.25) is 14.7 Å². The van der Waals surface area contributed by atoms with Gasteiger partial charge in [-0.2, -0.15) is 0 Å². The number of aromatic nitrogens is 1. The Hall–Kier alpha value is -3.49. The van der Waals surface area contributed by atoms with Gasteiger partial charge in [0.2, 0.25) is 0 Å². The number of amides is 1. The van der Waals surface area contributed by atoms with Crippen molar-refractivity contribution in [3.05, 3.63) is 84.2 Å². The average molecular weight is 478 g/mol. The Morgan fingerprint density at radius 3 is 2.35 bits per heavy atom. The first-order chi connectivity index (χ1) is 16.5. The van der Waals surface area contributed by atoms with Crippen LogP contribution in [0.15, 0.2) is 78.0 Å². The first kappa shape index (κ1) is 23.7. The third-order valence-electron chi connectivity index (χ3n) is 5.70. The molecule has 0 aliphatic carbocycles. The smallest absolute Gasteiger partial charge is 0.270 e. The van der Waals surface area contributed by atoms with Gasteiger partial charge in [-0.1, -0.05) is 30.4 Å². The first-order valence-corrected chi connectivity index (χ1v) is 12.5. The summed E-state index contributed by atoms with van der Waals surface area (Å²) in [6.07, 6.45) is 9.05. The summed E-state index contributed by atoms with van der Waals surface area (Å²) < 4.78 is 33.7. The second kappa shape index (κ2) is 10.6. The van der Waals surface area contributed by atoms with Gasteiger partial charge in [0.05, 0.1) is 24.2 Å². The topological polar surface area (TPSA) is 79.8 Å². The van der Waals surface area contributed by atoms with Gasteiger partial charge in [0, 0.05) is 12.4 Å². The van der Waals surface area contributed by atoms with Gasteiger partial charge < -0.3 is 4.74 Å². The molecule has 2 aromatic carbocycles. The minimum Gasteiger partial charge on any atom is -0.497 e. The van der Waals surface area contributed by atoms with E-state index in [0.717, 1.165) is 35.8 Å². The van der Waals surface area contributed by atoms with Gasteiger partial charge in [-0.15, -0.1) is 0 Å². The number of sulfonamides is 1. The molecule has 1 aliphatic heterocycles. The van der Waals surface area contributed by atoms with E-state index in [9.17, 15) is 13.2 Å². The van der Waals surface area contributed by atoms with E-state index < -0.39 is 15.9 Å². The molecule has 4 rings (SSSR count). The molecule has 0 spiro atoms. The number of anilines is 1. The largest absolute Gasteiger partial charge is 0.497 e. The summed E-state index contributed by atoms with van der Waals surface area (Å²) in [7, 11) is -2.65. The molecular formula is C26H27N3O4S. The van der Waals surface area contributed by atoms with Crippen LogP contribution in [0.5, 0.6) is 5.75 Å². The number of carbonyl (C=O) groups excluding carboxylic acids is 1. The van der Waals surface area contributed by atoms with E-state index >= 15 is 0 Å². The molecule has 0 saturated carbocycles. The predicted molar refractivity (Wildman–Crippen MR) is 133 cm³/mol. The number of benzene rings is 2. The van der Waals surface area contributed by atoms with Crippen LogP contribution in [0.3, 0.4) is 0 Å². The number of nitrogens with zero attached hydrogens (tertiary/aromatic N) is 3. The lowest BCUT2D eigenvalue weighted by Crippen LogP contribution is -2.43. The van der Waals surface area contributed by atoms with E-state index in [1.165, 1.54) is 19.2 Å². The van der Waals surface area contributed by atoms with Crippen molar-refractivity contribution in [3.8, 4) is 5.75 Å². The molecule has 34 heavy (non-hydrogen) atoms. The van der Waals surface area contributed by atoms with Gasteiger partial charge in [-0.05, 0) is 79.5 Å². The fourth-order valence-corrected chi connectivity index (χ4v) is 5.36. The molecule has 0 unspecified atom stereocenters. The van der Waals surface area contributed by atoms with E-state index in [4.69, 9.17) is 4.74 Å². The Bertz CT molecular complexity index is 1250. The van der Waals surface area contributed by atoms with Gasteiger partial charge >= 0.3 is 0 Å². The van der Waals surface area contributed by atoms with E-state index in [-0.39, 0.29) is 11.4 Å². The third-order valence-corrected chi connectivity index (χ3v) is 7.45. The number of ether oxygens (including phenoxy) is 1. The summed E-state index contributed by atoms with van der Waals surface area (Å²) >= 11 is 0. The van der Waals surface area contributed by atoms with Crippen LogP contribution in [0.4, 0.5) is 5.69 Å². The highest BCUT2D eigenvalue weighted by Gasteiger charge is 2.33. The van der Waals surface area contributed by atoms with Gasteiger partial charge in [0.25, 0.3) is 15.9 Å². The molecule has 7 nitrogen and oxygen atoms in total. The van der Waals surface area contributed by atoms with Crippen molar-refractivity contribution < 1.29 is 17.9 Å². The molecule has 1 aliphatic rings. The Morgan fingerprint density at radius 1 is 1.00 bits per heavy atom. The van der Waals surface area contributed by atoms with Crippen LogP contribution < -0.4 is 9.04 Å². The SMILES string of the molecule is COc1ccc(S(=O)(=O)N(C(=O)CN2CCCC2)c2ccccc2C=Cc2ccncc2)cc1. The van der Waals surface area contributed by atoms with Crippen LogP contribution in [-0.2, 0) is 14.8 Å². The highest BCUT2D eigenvalue weighted by Crippen LogP contribution is 2.30. The van der Waals surface area contributed by atoms with Crippen LogP contribution in [-0.4, -0.2) is 51.0 Å². The van der Waals surface area contributed by atoms with Gasteiger partial charge in [0.15, 0.2) is 0 Å². The average Bonchev–Trinajstić information content (AvgIpc) is 3.37. The molecule has 3 aromatic rings. The van der Waals surface area contributed by atoms with Gasteiger partial charge in [0.1, 0.15) is 5.75 Å². The lowest BCUT2D eigenvalue weighted by Gasteiger charge is -2.26. The normalized spacial score (nSPS) is 14.4. The molecule has 1 aromatic heterocycles. The number of methoxy groups -OCH3 is 1. The molecule has 1 fully saturated rings. The molecule has 176 valence electrons. The Balaban J connectivity index is 1.76. The van der Waals surface area contributed by atoms with Crippen LogP contribution in [0.1, 0.15) is 24.0 Å². The maximum atomic E-state index is 13.8. The van der Waals surface area contributed by atoms with Crippen molar-refractivity contribution >= 4 is 33.8 Å². The van der Waals surface area contributed by atoms with Crippen LogP contribution in [0, 0.1) is 0 Å². The van der Waals surface area contributed by atoms with Crippen LogP contribution in [0.2, 0.25) is 0 Å². The number of hydrogen-bond acceptors (Lipinski definition) is 6. The highest BCUT2D eigenvalue weighted by molar-refractivity contribution is 7.93. The molecule has 0 N–H and O–H groups in total. The fraction of sp³-hybridized carbons (Fsp3) is 0.231. The Kier molecular flexibility index (Phi) is 7.40. The molecule has 0 bridgehead atoms. The second-order valence-corrected chi connectivity index (χ2v) is 9.78. The standard InChI is InChI=1S/C26H27N3O4S/c1-33-23-10-12-24(13-11-23)34(31,32)29(26(30)20-28-18-4-5-19-28)25-7-3-2-6-22(25)9-8-21-14-16-27-17-15-21/h2-3,6-17H,4-5,18-20H2,1H3. The van der Waals surface area contributed by atoms with E-state index in [1.807, 2.05) is 35.3 Å². The second-order valence-electron chi connectivity index (χ2n) is 7.99. The van der Waals surface area contributed by atoms with Crippen molar-refractivity contribution in [1.82, 2.24) is 9.88 Å². The zero-order valence-electron chi connectivity index (χ0n) is 19.0. The van der Waals surface area contributed by atoms with Crippen molar-refractivity contribution in [3.63, 3.8) is 0 Å². The fourth-order valence-electron chi connectivity index (χ4n) is 3.92. The summed E-state index contributed by atoms with van der Waals surface area (Å²) in [5.41, 5.74) is 1.84. The van der Waals surface area contributed by atoms with Crippen molar-refractivity contribution in [2.24, 2.45) is 0 Å². The van der Waals surface area contributed by atoms with Gasteiger partial charge in [-0.25, -0.2) is 12.7 Å². The summed E-state index contributed by atoms with van der Waals surface area (Å²) in [6, 6.07) is 16.8. The summed E-state index contributed by atoms with van der Waals surface area (Å²) in [5, 5.41) is 0. The summed E-state index contributed by atoms with van der Waals surface area (Å²) in [6.45, 7) is 1.61. The Morgan fingerprint density at radius 2 is 1.68 bits per heavy atom. The molecule has 0 radical (unpaired) electrons. The number of hydrogen-bond donors (Lipinski definition) is 0. The Labute approximate surface area is 200 Å². The minimum atomic E-state index is -4.17. The van der Waals surface area contributed by atoms with Crippen molar-refractivity contribution in [2.75, 3.05) is 31.0 Å². The molecule has 1 saturated heterocycles. The van der Waals surface area contributed by atoms with Crippen molar-refractivity contribution in [1.29, 1.82) is 0 Å². The number of likely N-dealkylation sites (tertiary alicyclic amines) is 1.